The van der Waals surface area contributed by atoms with Crippen molar-refractivity contribution < 1.29 is 13.2 Å². The van der Waals surface area contributed by atoms with Gasteiger partial charge in [0.15, 0.2) is 0 Å². The van der Waals surface area contributed by atoms with Gasteiger partial charge in [-0.25, -0.2) is 12.7 Å². The molecule has 0 radical (unpaired) electrons. The molecule has 2 saturated heterocycles. The topological polar surface area (TPSA) is 60.9 Å². The van der Waals surface area contributed by atoms with Crippen LogP contribution in [0.3, 0.4) is 0 Å². The summed E-state index contributed by atoms with van der Waals surface area (Å²) < 4.78 is 26.9. The van der Waals surface area contributed by atoms with Gasteiger partial charge in [0.05, 0.1) is 5.75 Å². The average Bonchev–Trinajstić information content (AvgIpc) is 2.81. The van der Waals surface area contributed by atoms with Crippen molar-refractivity contribution in [3.63, 3.8) is 0 Å². The highest BCUT2D eigenvalue weighted by Gasteiger charge is 2.25. The Labute approximate surface area is 195 Å². The maximum Gasteiger partial charge on any atom is 0.253 e. The number of nitrogens with zero attached hydrogens (tertiary/aromatic N) is 3. The van der Waals surface area contributed by atoms with Crippen molar-refractivity contribution in [3.8, 4) is 0 Å². The molecule has 6 nitrogen and oxygen atoms in total. The van der Waals surface area contributed by atoms with Crippen LogP contribution in [-0.2, 0) is 15.8 Å². The maximum absolute atomic E-state index is 13.0. The monoisotopic (exact) mass is 475 g/mol. The molecule has 4 rings (SSSR count). The zero-order valence-electron chi connectivity index (χ0n) is 18.5. The second-order valence-corrected chi connectivity index (χ2v) is 11.0. The average molecular weight is 476 g/mol. The predicted octanol–water partition coefficient (Wildman–Crippen LogP) is 3.93. The Morgan fingerprint density at radius 1 is 0.906 bits per heavy atom. The SMILES string of the molecule is Cc1ccc(Cl)cc1N1CCN(C(=O)c2ccc(CS(=O)(=O)N3CCCCC3)cc2)CC1. The number of carbonyl (C=O) groups is 1. The van der Waals surface area contributed by atoms with E-state index in [1.165, 1.54) is 5.56 Å². The minimum absolute atomic E-state index is 0.0148. The van der Waals surface area contributed by atoms with E-state index in [2.05, 4.69) is 11.8 Å². The fourth-order valence-electron chi connectivity index (χ4n) is 4.44. The molecule has 0 saturated carbocycles. The highest BCUT2D eigenvalue weighted by Crippen LogP contribution is 2.26. The Morgan fingerprint density at radius 3 is 2.22 bits per heavy atom. The standard InChI is InChI=1S/C24H30ClN3O3S/c1-19-5-10-22(25)17-23(19)26-13-15-27(16-14-26)24(29)21-8-6-20(7-9-21)18-32(30,31)28-11-3-2-4-12-28/h5-10,17H,2-4,11-16,18H2,1H3. The maximum atomic E-state index is 13.0. The van der Waals surface area contributed by atoms with Gasteiger partial charge >= 0.3 is 0 Å². The lowest BCUT2D eigenvalue weighted by molar-refractivity contribution is 0.0747. The molecule has 8 heteroatoms. The molecule has 0 atom stereocenters. The minimum Gasteiger partial charge on any atom is -0.368 e. The van der Waals surface area contributed by atoms with Crippen molar-refractivity contribution in [2.45, 2.75) is 31.9 Å². The normalized spacial score (nSPS) is 18.1. The number of aryl methyl sites for hydroxylation is 1. The van der Waals surface area contributed by atoms with Crippen LogP contribution < -0.4 is 4.90 Å². The fraction of sp³-hybridized carbons (Fsp3) is 0.458. The van der Waals surface area contributed by atoms with E-state index in [0.29, 0.717) is 42.3 Å². The summed E-state index contributed by atoms with van der Waals surface area (Å²) >= 11 is 6.16. The first-order valence-corrected chi connectivity index (χ1v) is 13.2. The summed E-state index contributed by atoms with van der Waals surface area (Å²) in [5, 5.41) is 0.714. The van der Waals surface area contributed by atoms with E-state index in [-0.39, 0.29) is 11.7 Å². The van der Waals surface area contributed by atoms with Crippen LogP contribution in [-0.4, -0.2) is 62.8 Å². The van der Waals surface area contributed by atoms with E-state index >= 15 is 0 Å². The first-order chi connectivity index (χ1) is 15.3. The van der Waals surface area contributed by atoms with E-state index in [1.807, 2.05) is 23.1 Å². The minimum atomic E-state index is -3.31. The molecule has 2 aliphatic rings. The van der Waals surface area contributed by atoms with Crippen molar-refractivity contribution in [2.24, 2.45) is 0 Å². The molecule has 2 aliphatic heterocycles. The Balaban J connectivity index is 1.35. The first kappa shape index (κ1) is 23.1. The summed E-state index contributed by atoms with van der Waals surface area (Å²) in [5.74, 6) is -0.0306. The molecule has 172 valence electrons. The lowest BCUT2D eigenvalue weighted by atomic mass is 10.1. The number of benzene rings is 2. The molecular weight excluding hydrogens is 446 g/mol. The lowest BCUT2D eigenvalue weighted by Crippen LogP contribution is -2.49. The van der Waals surface area contributed by atoms with Crippen LogP contribution in [0, 0.1) is 6.92 Å². The van der Waals surface area contributed by atoms with Crippen molar-refractivity contribution in [3.05, 3.63) is 64.2 Å². The molecular formula is C24H30ClN3O3S. The van der Waals surface area contributed by atoms with Gasteiger partial charge in [-0.15, -0.1) is 0 Å². The van der Waals surface area contributed by atoms with E-state index in [0.717, 1.165) is 38.0 Å². The molecule has 2 aromatic rings. The number of piperazine rings is 1. The third-order valence-electron chi connectivity index (χ3n) is 6.34. The molecule has 0 aromatic heterocycles. The smallest absolute Gasteiger partial charge is 0.253 e. The summed E-state index contributed by atoms with van der Waals surface area (Å²) in [6.45, 7) is 6.05. The summed E-state index contributed by atoms with van der Waals surface area (Å²) in [6, 6.07) is 12.9. The van der Waals surface area contributed by atoms with E-state index in [1.54, 1.807) is 28.6 Å². The number of hydrogen-bond donors (Lipinski definition) is 0. The van der Waals surface area contributed by atoms with Crippen molar-refractivity contribution in [1.82, 2.24) is 9.21 Å². The summed E-state index contributed by atoms with van der Waals surface area (Å²) in [6.07, 6.45) is 2.95. The zero-order valence-corrected chi connectivity index (χ0v) is 20.0. The van der Waals surface area contributed by atoms with Crippen LogP contribution in [0.5, 0.6) is 0 Å². The number of halogens is 1. The fourth-order valence-corrected chi connectivity index (χ4v) is 6.22. The van der Waals surface area contributed by atoms with Crippen molar-refractivity contribution in [1.29, 1.82) is 0 Å². The van der Waals surface area contributed by atoms with Gasteiger partial charge in [-0.3, -0.25) is 4.79 Å². The Hall–Kier alpha value is -2.09. The second-order valence-electron chi connectivity index (χ2n) is 8.62. The highest BCUT2D eigenvalue weighted by molar-refractivity contribution is 7.88. The number of sulfonamides is 1. The Kier molecular flexibility index (Phi) is 7.08. The van der Waals surface area contributed by atoms with E-state index in [4.69, 9.17) is 11.6 Å². The largest absolute Gasteiger partial charge is 0.368 e. The molecule has 2 aromatic carbocycles. The van der Waals surface area contributed by atoms with Crippen molar-refractivity contribution >= 4 is 33.2 Å². The Bertz CT molecular complexity index is 1060. The molecule has 0 spiro atoms. The van der Waals surface area contributed by atoms with Crippen LogP contribution in [0.2, 0.25) is 5.02 Å². The number of piperidine rings is 1. The molecule has 1 amide bonds. The third-order valence-corrected chi connectivity index (χ3v) is 8.42. The number of anilines is 1. The van der Waals surface area contributed by atoms with Crippen LogP contribution in [0.4, 0.5) is 5.69 Å². The van der Waals surface area contributed by atoms with Gasteiger partial charge in [-0.05, 0) is 55.2 Å². The molecule has 0 aliphatic carbocycles. The van der Waals surface area contributed by atoms with Gasteiger partial charge in [-0.2, -0.15) is 0 Å². The number of carbonyl (C=O) groups excluding carboxylic acids is 1. The van der Waals surface area contributed by atoms with Gasteiger partial charge in [0.1, 0.15) is 0 Å². The van der Waals surface area contributed by atoms with Gasteiger partial charge < -0.3 is 9.80 Å². The highest BCUT2D eigenvalue weighted by atomic mass is 35.5. The van der Waals surface area contributed by atoms with E-state index in [9.17, 15) is 13.2 Å². The summed E-state index contributed by atoms with van der Waals surface area (Å²) in [4.78, 5) is 17.1. The number of rotatable bonds is 5. The number of amides is 1. The predicted molar refractivity (Wildman–Crippen MR) is 129 cm³/mol. The van der Waals surface area contributed by atoms with Crippen LogP contribution in [0.25, 0.3) is 0 Å². The summed E-state index contributed by atoms with van der Waals surface area (Å²) in [5.41, 5.74) is 3.60. The van der Waals surface area contributed by atoms with Gasteiger partial charge in [0.2, 0.25) is 10.0 Å². The van der Waals surface area contributed by atoms with Crippen LogP contribution >= 0.6 is 11.6 Å². The zero-order chi connectivity index (χ0) is 22.7. The molecule has 2 fully saturated rings. The molecule has 0 N–H and O–H groups in total. The molecule has 32 heavy (non-hydrogen) atoms. The van der Waals surface area contributed by atoms with Gasteiger partial charge in [0.25, 0.3) is 5.91 Å². The third kappa shape index (κ3) is 5.27. The van der Waals surface area contributed by atoms with Gasteiger partial charge in [0, 0.05) is 55.5 Å². The quantitative estimate of drug-likeness (QED) is 0.657. The van der Waals surface area contributed by atoms with Gasteiger partial charge in [-0.1, -0.05) is 36.2 Å². The van der Waals surface area contributed by atoms with Crippen LogP contribution in [0.1, 0.15) is 40.7 Å². The molecule has 0 bridgehead atoms. The number of hydrogen-bond acceptors (Lipinski definition) is 4. The molecule has 2 heterocycles. The Morgan fingerprint density at radius 2 is 1.56 bits per heavy atom. The van der Waals surface area contributed by atoms with Crippen LogP contribution in [0.15, 0.2) is 42.5 Å². The molecule has 0 unspecified atom stereocenters. The first-order valence-electron chi connectivity index (χ1n) is 11.2. The summed E-state index contributed by atoms with van der Waals surface area (Å²) in [7, 11) is -3.31. The van der Waals surface area contributed by atoms with Crippen molar-refractivity contribution in [2.75, 3.05) is 44.2 Å². The lowest BCUT2D eigenvalue weighted by Gasteiger charge is -2.37. The van der Waals surface area contributed by atoms with E-state index < -0.39 is 10.0 Å². The second kappa shape index (κ2) is 9.81.